The van der Waals surface area contributed by atoms with Gasteiger partial charge in [-0.25, -0.2) is 8.42 Å². The number of nitrogens with one attached hydrogen (secondary N) is 1. The smallest absolute Gasteiger partial charge is 0.247 e. The summed E-state index contributed by atoms with van der Waals surface area (Å²) >= 11 is 6.03. The molecule has 0 saturated carbocycles. The average molecular weight is 427 g/mol. The van der Waals surface area contributed by atoms with E-state index in [1.807, 2.05) is 6.92 Å². The minimum atomic E-state index is -3.80. The summed E-state index contributed by atoms with van der Waals surface area (Å²) < 4.78 is 36.5. The summed E-state index contributed by atoms with van der Waals surface area (Å²) in [6, 6.07) is 10.3. The number of methoxy groups -OCH3 is 1. The van der Waals surface area contributed by atoms with Crippen LogP contribution >= 0.6 is 11.6 Å². The van der Waals surface area contributed by atoms with Crippen LogP contribution in [0.1, 0.15) is 13.8 Å². The molecular weight excluding hydrogens is 404 g/mol. The van der Waals surface area contributed by atoms with Crippen molar-refractivity contribution in [2.45, 2.75) is 19.9 Å². The molecule has 152 valence electrons. The van der Waals surface area contributed by atoms with Gasteiger partial charge in [-0.15, -0.1) is 0 Å². The van der Waals surface area contributed by atoms with Crippen molar-refractivity contribution in [3.8, 4) is 11.5 Å². The first kappa shape index (κ1) is 21.8. The molecule has 0 aliphatic carbocycles. The number of benzene rings is 2. The fourth-order valence-electron chi connectivity index (χ4n) is 2.66. The molecule has 2 aromatic rings. The van der Waals surface area contributed by atoms with Gasteiger partial charge in [-0.05, 0) is 56.3 Å². The van der Waals surface area contributed by atoms with Gasteiger partial charge in [0.2, 0.25) is 15.9 Å². The maximum absolute atomic E-state index is 12.7. The number of sulfonamides is 1. The number of anilines is 2. The summed E-state index contributed by atoms with van der Waals surface area (Å²) in [4.78, 5) is 12.7. The standard InChI is InChI=1S/C19H23ClN2O5S/c1-5-27-16-9-7-15(8-10-16)21-19(23)13(2)22(28(4,24)25)17-12-14(20)6-11-18(17)26-3/h6-13H,5H2,1-4H3,(H,21,23)/t13-/m0/s1. The van der Waals surface area contributed by atoms with Crippen LogP contribution in [0.15, 0.2) is 42.5 Å². The summed E-state index contributed by atoms with van der Waals surface area (Å²) in [7, 11) is -2.39. The van der Waals surface area contributed by atoms with E-state index in [9.17, 15) is 13.2 Å². The summed E-state index contributed by atoms with van der Waals surface area (Å²) in [5, 5.41) is 3.03. The third-order valence-corrected chi connectivity index (χ3v) is 5.36. The van der Waals surface area contributed by atoms with E-state index in [1.165, 1.54) is 20.1 Å². The molecule has 1 amide bonds. The Hall–Kier alpha value is -2.45. The Bertz CT molecular complexity index is 932. The topological polar surface area (TPSA) is 84.9 Å². The Morgan fingerprint density at radius 3 is 2.39 bits per heavy atom. The molecule has 1 atom stereocenters. The van der Waals surface area contributed by atoms with Gasteiger partial charge >= 0.3 is 0 Å². The van der Waals surface area contributed by atoms with Crippen molar-refractivity contribution in [1.29, 1.82) is 0 Å². The van der Waals surface area contributed by atoms with Crippen molar-refractivity contribution in [2.75, 3.05) is 29.6 Å². The third-order valence-electron chi connectivity index (χ3n) is 3.90. The number of nitrogens with zero attached hydrogens (tertiary/aromatic N) is 1. The zero-order valence-electron chi connectivity index (χ0n) is 16.1. The van der Waals surface area contributed by atoms with Crippen LogP contribution in [0.4, 0.5) is 11.4 Å². The van der Waals surface area contributed by atoms with E-state index in [1.54, 1.807) is 36.4 Å². The van der Waals surface area contributed by atoms with E-state index in [2.05, 4.69) is 5.32 Å². The maximum atomic E-state index is 12.7. The second kappa shape index (κ2) is 9.16. The molecule has 2 rings (SSSR count). The largest absolute Gasteiger partial charge is 0.495 e. The van der Waals surface area contributed by atoms with Gasteiger partial charge in [0, 0.05) is 10.7 Å². The molecule has 0 saturated heterocycles. The Labute approximate surface area is 170 Å². The lowest BCUT2D eigenvalue weighted by atomic mass is 10.2. The molecule has 0 bridgehead atoms. The van der Waals surface area contributed by atoms with Gasteiger partial charge in [-0.1, -0.05) is 11.6 Å². The lowest BCUT2D eigenvalue weighted by Gasteiger charge is -2.29. The molecular formula is C19H23ClN2O5S. The minimum Gasteiger partial charge on any atom is -0.495 e. The Kier molecular flexibility index (Phi) is 7.15. The first-order chi connectivity index (χ1) is 13.2. The summed E-state index contributed by atoms with van der Waals surface area (Å²) in [5.41, 5.74) is 0.707. The van der Waals surface area contributed by atoms with E-state index in [-0.39, 0.29) is 11.4 Å². The van der Waals surface area contributed by atoms with E-state index >= 15 is 0 Å². The number of carbonyl (C=O) groups is 1. The van der Waals surface area contributed by atoms with E-state index in [0.29, 0.717) is 23.1 Å². The number of hydrogen-bond acceptors (Lipinski definition) is 5. The van der Waals surface area contributed by atoms with Crippen molar-refractivity contribution >= 4 is 38.9 Å². The summed E-state index contributed by atoms with van der Waals surface area (Å²) in [6.07, 6.45) is 1.02. The molecule has 0 heterocycles. The fourth-order valence-corrected chi connectivity index (χ4v) is 4.00. The lowest BCUT2D eigenvalue weighted by Crippen LogP contribution is -2.45. The molecule has 0 spiro atoms. The lowest BCUT2D eigenvalue weighted by molar-refractivity contribution is -0.116. The van der Waals surface area contributed by atoms with Gasteiger partial charge in [0.05, 0.1) is 25.7 Å². The van der Waals surface area contributed by atoms with Gasteiger partial charge in [-0.2, -0.15) is 0 Å². The highest BCUT2D eigenvalue weighted by atomic mass is 35.5. The van der Waals surface area contributed by atoms with E-state index < -0.39 is 22.0 Å². The monoisotopic (exact) mass is 426 g/mol. The Balaban J connectivity index is 2.32. The highest BCUT2D eigenvalue weighted by Gasteiger charge is 2.31. The van der Waals surface area contributed by atoms with Gasteiger partial charge in [-0.3, -0.25) is 9.10 Å². The highest BCUT2D eigenvalue weighted by molar-refractivity contribution is 7.92. The number of carbonyl (C=O) groups excluding carboxylic acids is 1. The molecule has 0 aliphatic rings. The molecule has 9 heteroatoms. The number of hydrogen-bond donors (Lipinski definition) is 1. The van der Waals surface area contributed by atoms with Gasteiger partial charge in [0.15, 0.2) is 0 Å². The first-order valence-electron chi connectivity index (χ1n) is 8.54. The Morgan fingerprint density at radius 2 is 1.86 bits per heavy atom. The van der Waals surface area contributed by atoms with Crippen LogP contribution in [0.3, 0.4) is 0 Å². The van der Waals surface area contributed by atoms with Crippen molar-refractivity contribution in [3.05, 3.63) is 47.5 Å². The van der Waals surface area contributed by atoms with Crippen molar-refractivity contribution in [3.63, 3.8) is 0 Å². The molecule has 0 unspecified atom stereocenters. The highest BCUT2D eigenvalue weighted by Crippen LogP contribution is 2.34. The minimum absolute atomic E-state index is 0.187. The molecule has 0 radical (unpaired) electrons. The number of amides is 1. The molecule has 28 heavy (non-hydrogen) atoms. The molecule has 2 aromatic carbocycles. The van der Waals surface area contributed by atoms with Crippen LogP contribution in [-0.4, -0.2) is 40.3 Å². The quantitative estimate of drug-likeness (QED) is 0.697. The molecule has 7 nitrogen and oxygen atoms in total. The maximum Gasteiger partial charge on any atom is 0.247 e. The third kappa shape index (κ3) is 5.30. The Morgan fingerprint density at radius 1 is 1.21 bits per heavy atom. The average Bonchev–Trinajstić information content (AvgIpc) is 2.62. The van der Waals surface area contributed by atoms with Crippen molar-refractivity contribution < 1.29 is 22.7 Å². The van der Waals surface area contributed by atoms with E-state index in [4.69, 9.17) is 21.1 Å². The van der Waals surface area contributed by atoms with Gasteiger partial charge < -0.3 is 14.8 Å². The number of halogens is 1. The van der Waals surface area contributed by atoms with Crippen LogP contribution in [-0.2, 0) is 14.8 Å². The zero-order valence-corrected chi connectivity index (χ0v) is 17.7. The number of ether oxygens (including phenoxy) is 2. The van der Waals surface area contributed by atoms with Crippen LogP contribution in [0.25, 0.3) is 0 Å². The molecule has 0 aliphatic heterocycles. The van der Waals surface area contributed by atoms with E-state index in [0.717, 1.165) is 10.6 Å². The predicted octanol–water partition coefficient (Wildman–Crippen LogP) is 3.54. The van der Waals surface area contributed by atoms with Crippen LogP contribution in [0.2, 0.25) is 5.02 Å². The second-order valence-corrected chi connectivity index (χ2v) is 8.29. The van der Waals surface area contributed by atoms with Crippen LogP contribution in [0, 0.1) is 0 Å². The summed E-state index contributed by atoms with van der Waals surface area (Å²) in [6.45, 7) is 3.90. The fraction of sp³-hybridized carbons (Fsp3) is 0.316. The molecule has 1 N–H and O–H groups in total. The van der Waals surface area contributed by atoms with Crippen molar-refractivity contribution in [1.82, 2.24) is 0 Å². The van der Waals surface area contributed by atoms with Gasteiger partial charge in [0.25, 0.3) is 0 Å². The van der Waals surface area contributed by atoms with Crippen molar-refractivity contribution in [2.24, 2.45) is 0 Å². The molecule has 0 fully saturated rings. The SMILES string of the molecule is CCOc1ccc(NC(=O)[C@H](C)N(c2cc(Cl)ccc2OC)S(C)(=O)=O)cc1. The first-order valence-corrected chi connectivity index (χ1v) is 10.8. The van der Waals surface area contributed by atoms with Crippen LogP contribution in [0.5, 0.6) is 11.5 Å². The zero-order chi connectivity index (χ0) is 20.9. The van der Waals surface area contributed by atoms with Gasteiger partial charge in [0.1, 0.15) is 17.5 Å². The normalized spacial score (nSPS) is 12.2. The van der Waals surface area contributed by atoms with Crippen LogP contribution < -0.4 is 19.1 Å². The summed E-state index contributed by atoms with van der Waals surface area (Å²) in [5.74, 6) is 0.460. The second-order valence-electron chi connectivity index (χ2n) is 6.00. The molecule has 0 aromatic heterocycles. The predicted molar refractivity (Wildman–Crippen MR) is 111 cm³/mol. The number of rotatable bonds is 8.